The number of hydrogen-bond donors (Lipinski definition) is 8. The van der Waals surface area contributed by atoms with Crippen molar-refractivity contribution in [1.82, 2.24) is 0 Å². The molecule has 2 heterocycles. The number of Topliss-reactive ketones (excluding diaryl/α,β-unsaturated/α-hetero) is 1. The second-order valence-corrected chi connectivity index (χ2v) is 20.5. The van der Waals surface area contributed by atoms with Crippen LogP contribution in [0.1, 0.15) is 113 Å². The molecule has 13 heteroatoms. The summed E-state index contributed by atoms with van der Waals surface area (Å²) in [5.74, 6) is 0.815. The summed E-state index contributed by atoms with van der Waals surface area (Å²) in [6, 6.07) is 0. The molecule has 55 heavy (non-hydrogen) atoms. The summed E-state index contributed by atoms with van der Waals surface area (Å²) in [6.07, 6.45) is -8.54. The maximum absolute atomic E-state index is 12.6. The van der Waals surface area contributed by atoms with Gasteiger partial charge in [-0.25, -0.2) is 0 Å². The Kier molecular flexibility index (Phi) is 11.1. The van der Waals surface area contributed by atoms with Gasteiger partial charge >= 0.3 is 0 Å². The Balaban J connectivity index is 1.11. The molecule has 8 N–H and O–H groups in total. The normalized spacial score (nSPS) is 54.9. The van der Waals surface area contributed by atoms with Gasteiger partial charge in [0.2, 0.25) is 0 Å². The zero-order chi connectivity index (χ0) is 40.4. The first-order valence-electron chi connectivity index (χ1n) is 21.1. The van der Waals surface area contributed by atoms with Crippen LogP contribution in [0.2, 0.25) is 0 Å². The minimum atomic E-state index is -1.65. The fraction of sp³-hybridized carbons (Fsp3) is 0.976. The molecule has 0 unspecified atom stereocenters. The van der Waals surface area contributed by atoms with Crippen LogP contribution < -0.4 is 0 Å². The Bertz CT molecular complexity index is 1430. The van der Waals surface area contributed by atoms with E-state index in [2.05, 4.69) is 34.6 Å². The van der Waals surface area contributed by atoms with Crippen LogP contribution >= 0.6 is 0 Å². The molecule has 7 fully saturated rings. The van der Waals surface area contributed by atoms with Gasteiger partial charge in [-0.05, 0) is 104 Å². The number of ketones is 1. The van der Waals surface area contributed by atoms with E-state index in [4.69, 9.17) is 18.9 Å². The third-order valence-electron chi connectivity index (χ3n) is 17.4. The monoisotopic (exact) mass is 782 g/mol. The maximum Gasteiger partial charge on any atom is 0.187 e. The zero-order valence-corrected chi connectivity index (χ0v) is 34.1. The second-order valence-electron chi connectivity index (χ2n) is 20.5. The number of aliphatic hydroxyl groups excluding tert-OH is 8. The quantitative estimate of drug-likeness (QED) is 0.149. The van der Waals surface area contributed by atoms with Crippen molar-refractivity contribution >= 4 is 5.78 Å². The van der Waals surface area contributed by atoms with Crippen LogP contribution in [0.15, 0.2) is 0 Å². The van der Waals surface area contributed by atoms with Crippen LogP contribution in [0.25, 0.3) is 0 Å². The number of hydrogen-bond acceptors (Lipinski definition) is 13. The van der Waals surface area contributed by atoms with Crippen LogP contribution in [0.3, 0.4) is 0 Å². The molecule has 2 saturated heterocycles. The highest BCUT2D eigenvalue weighted by molar-refractivity contribution is 5.80. The van der Waals surface area contributed by atoms with E-state index < -0.39 is 91.7 Å². The predicted molar refractivity (Wildman–Crippen MR) is 198 cm³/mol. The molecule has 2 spiro atoms. The summed E-state index contributed by atoms with van der Waals surface area (Å²) in [6.45, 7) is 16.0. The first-order chi connectivity index (χ1) is 25.6. The van der Waals surface area contributed by atoms with Crippen molar-refractivity contribution in [1.29, 1.82) is 0 Å². The van der Waals surface area contributed by atoms with E-state index in [1.807, 2.05) is 13.8 Å². The van der Waals surface area contributed by atoms with Gasteiger partial charge in [-0.3, -0.25) is 4.79 Å². The molecule has 7 aliphatic rings. The van der Waals surface area contributed by atoms with E-state index >= 15 is 0 Å². The fourth-order valence-corrected chi connectivity index (χ4v) is 14.3. The third-order valence-corrected chi connectivity index (χ3v) is 17.4. The third kappa shape index (κ3) is 6.10. The molecule has 0 aromatic carbocycles. The zero-order valence-electron chi connectivity index (χ0n) is 34.1. The number of fused-ring (bicyclic) bond motifs is 2. The Labute approximate surface area is 326 Å². The van der Waals surface area contributed by atoms with Crippen molar-refractivity contribution in [2.45, 2.75) is 193 Å². The van der Waals surface area contributed by atoms with Gasteiger partial charge in [-0.1, -0.05) is 48.5 Å². The van der Waals surface area contributed by atoms with Crippen LogP contribution in [0.5, 0.6) is 0 Å². The highest BCUT2D eigenvalue weighted by atomic mass is 16.8. The molecule has 316 valence electrons. The van der Waals surface area contributed by atoms with Crippen LogP contribution in [0, 0.1) is 56.7 Å². The summed E-state index contributed by atoms with van der Waals surface area (Å²) >= 11 is 0. The van der Waals surface area contributed by atoms with Gasteiger partial charge in [-0.15, -0.1) is 0 Å². The minimum absolute atomic E-state index is 0.00333. The molecule has 0 amide bonds. The molecule has 0 aromatic rings. The van der Waals surface area contributed by atoms with Crippen molar-refractivity contribution in [2.75, 3.05) is 6.61 Å². The summed E-state index contributed by atoms with van der Waals surface area (Å²) in [4.78, 5) is 12.6. The van der Waals surface area contributed by atoms with Crippen molar-refractivity contribution in [3.05, 3.63) is 0 Å². The Morgan fingerprint density at radius 2 is 1.45 bits per heavy atom. The van der Waals surface area contributed by atoms with Gasteiger partial charge in [0.1, 0.15) is 48.5 Å². The van der Waals surface area contributed by atoms with Crippen molar-refractivity contribution in [2.24, 2.45) is 56.7 Å². The van der Waals surface area contributed by atoms with Crippen LogP contribution in [0.4, 0.5) is 0 Å². The number of carbonyl (C=O) groups is 1. The van der Waals surface area contributed by atoms with Crippen LogP contribution in [-0.4, -0.2) is 133 Å². The van der Waals surface area contributed by atoms with Gasteiger partial charge in [0.15, 0.2) is 12.6 Å². The summed E-state index contributed by atoms with van der Waals surface area (Å²) in [5, 5.41) is 87.8. The highest BCUT2D eigenvalue weighted by Gasteiger charge is 2.85. The van der Waals surface area contributed by atoms with Gasteiger partial charge < -0.3 is 59.8 Å². The lowest BCUT2D eigenvalue weighted by atomic mass is 9.41. The fourth-order valence-electron chi connectivity index (χ4n) is 14.3. The molecular weight excluding hydrogens is 712 g/mol. The average Bonchev–Trinajstić information content (AvgIpc) is 3.76. The largest absolute Gasteiger partial charge is 0.394 e. The van der Waals surface area contributed by atoms with Gasteiger partial charge in [0.25, 0.3) is 0 Å². The first kappa shape index (κ1) is 42.3. The Morgan fingerprint density at radius 3 is 2.11 bits per heavy atom. The standard InChI is InChI=1S/C42H70O13/c1-19(2)22(44)10-9-20(3)29-23(45)15-39(7)26-12-11-25-38(5,6)28(13-14-41(25)18-42(26,41)27(46)16-40(29,39)8)54-37-35(33(50)31(48)24(17-43)53-37)55-36-34(51)32(49)30(47)21(4)52-36/h19-21,23-37,43,45-51H,9-18H2,1-8H3/t20-,21+,23+,24-,25-,26+,27-,28+,29+,30+,31-,32-,33+,34-,35-,36+,37+,39+,40-,41-,42+/m1/s1. The van der Waals surface area contributed by atoms with Gasteiger partial charge in [-0.2, -0.15) is 0 Å². The summed E-state index contributed by atoms with van der Waals surface area (Å²) in [5.41, 5.74) is -1.27. The lowest BCUT2D eigenvalue weighted by Gasteiger charge is -2.64. The molecule has 0 radical (unpaired) electrons. The van der Waals surface area contributed by atoms with Gasteiger partial charge in [0, 0.05) is 17.8 Å². The van der Waals surface area contributed by atoms with Crippen LogP contribution in [-0.2, 0) is 23.7 Å². The predicted octanol–water partition coefficient (Wildman–Crippen LogP) is 2.05. The number of aliphatic hydroxyl groups is 8. The molecule has 21 atom stereocenters. The Morgan fingerprint density at radius 1 is 0.782 bits per heavy atom. The second kappa shape index (κ2) is 14.4. The minimum Gasteiger partial charge on any atom is -0.394 e. The number of carbonyl (C=O) groups excluding carboxylic acids is 1. The molecule has 5 saturated carbocycles. The van der Waals surface area contributed by atoms with Crippen molar-refractivity contribution in [3.8, 4) is 0 Å². The molecule has 5 aliphatic carbocycles. The van der Waals surface area contributed by atoms with E-state index in [0.717, 1.165) is 32.1 Å². The molecule has 13 nitrogen and oxygen atoms in total. The van der Waals surface area contributed by atoms with Crippen molar-refractivity contribution in [3.63, 3.8) is 0 Å². The SMILES string of the molecule is CC(C)C(=O)CC[C@@H](C)[C@H]1[C@@H](O)C[C@@]2(C)[C@@H]3CC[C@@H]4C(C)(C)[C@@H](O[C@@H]5O[C@H](CO)[C@@H](O)[C@H](O)[C@H]5O[C@@H]5O[C@@H](C)[C@H](O)[C@@H](O)[C@H]5O)CC[C@@]45C[C@@]35[C@H](O)C[C@]12C. The van der Waals surface area contributed by atoms with E-state index in [-0.39, 0.29) is 57.0 Å². The first-order valence-corrected chi connectivity index (χ1v) is 21.1. The highest BCUT2D eigenvalue weighted by Crippen LogP contribution is 2.89. The molecule has 0 aromatic heterocycles. The lowest BCUT2D eigenvalue weighted by molar-refractivity contribution is -0.375. The number of ether oxygens (including phenoxy) is 4. The number of rotatable bonds is 10. The smallest absolute Gasteiger partial charge is 0.187 e. The van der Waals surface area contributed by atoms with E-state index in [1.165, 1.54) is 6.92 Å². The lowest BCUT2D eigenvalue weighted by Crippen LogP contribution is -2.65. The Hall–Kier alpha value is -0.810. The molecular formula is C42H70O13. The van der Waals surface area contributed by atoms with E-state index in [9.17, 15) is 45.6 Å². The summed E-state index contributed by atoms with van der Waals surface area (Å²) < 4.78 is 24.5. The van der Waals surface area contributed by atoms with Gasteiger partial charge in [0.05, 0.1) is 31.0 Å². The molecule has 0 bridgehead atoms. The van der Waals surface area contributed by atoms with E-state index in [0.29, 0.717) is 25.7 Å². The maximum atomic E-state index is 12.6. The molecule has 2 aliphatic heterocycles. The van der Waals surface area contributed by atoms with E-state index in [1.54, 1.807) is 0 Å². The van der Waals surface area contributed by atoms with Crippen molar-refractivity contribution < 1.29 is 64.6 Å². The average molecular weight is 783 g/mol. The topological polar surface area (TPSA) is 216 Å². The summed E-state index contributed by atoms with van der Waals surface area (Å²) in [7, 11) is 0. The molecule has 7 rings (SSSR count).